The molecular weight excluding hydrogens is 525 g/mol. The number of aliphatic carboxylic acids is 1. The highest BCUT2D eigenvalue weighted by Crippen LogP contribution is 2.36. The Morgan fingerprint density at radius 1 is 1.32 bits per heavy atom. The van der Waals surface area contributed by atoms with Crippen molar-refractivity contribution >= 4 is 22.7 Å². The summed E-state index contributed by atoms with van der Waals surface area (Å²) in [5.41, 5.74) is 3.68. The van der Waals surface area contributed by atoms with Crippen LogP contribution in [0.2, 0.25) is 0 Å². The fourth-order valence-corrected chi connectivity index (χ4v) is 6.82. The second-order valence-electron chi connectivity index (χ2n) is 11.6. The van der Waals surface area contributed by atoms with Crippen LogP contribution in [0.25, 0.3) is 10.9 Å². The van der Waals surface area contributed by atoms with E-state index in [4.69, 9.17) is 14.5 Å². The number of unbranched alkanes of at least 4 members (excludes halogenated alkanes) is 1. The molecule has 0 spiro atoms. The van der Waals surface area contributed by atoms with E-state index in [1.165, 1.54) is 0 Å². The molecule has 5 heterocycles. The molecule has 0 bridgehead atoms. The molecule has 2 fully saturated rings. The molecule has 10 heteroatoms. The van der Waals surface area contributed by atoms with Gasteiger partial charge < -0.3 is 19.9 Å². The number of nitrogens with zero attached hydrogens (tertiary/aromatic N) is 4. The second-order valence-corrected chi connectivity index (χ2v) is 11.6. The predicted octanol–water partition coefficient (Wildman–Crippen LogP) is 4.96. The van der Waals surface area contributed by atoms with Crippen LogP contribution in [0.4, 0.5) is 10.2 Å². The van der Waals surface area contributed by atoms with Gasteiger partial charge in [-0.3, -0.25) is 14.4 Å². The Morgan fingerprint density at radius 2 is 2.22 bits per heavy atom. The highest BCUT2D eigenvalue weighted by atomic mass is 19.1. The van der Waals surface area contributed by atoms with Crippen molar-refractivity contribution in [1.82, 2.24) is 19.7 Å². The molecule has 0 saturated carbocycles. The van der Waals surface area contributed by atoms with Gasteiger partial charge in [0, 0.05) is 53.9 Å². The van der Waals surface area contributed by atoms with Crippen LogP contribution in [-0.4, -0.2) is 76.9 Å². The summed E-state index contributed by atoms with van der Waals surface area (Å²) in [5.74, 6) is 0.722. The predicted molar refractivity (Wildman–Crippen MR) is 154 cm³/mol. The summed E-state index contributed by atoms with van der Waals surface area (Å²) in [4.78, 5) is 19.4. The zero-order valence-electron chi connectivity index (χ0n) is 23.7. The zero-order chi connectivity index (χ0) is 28.3. The molecule has 3 aromatic rings. The molecule has 0 unspecified atom stereocenters. The molecule has 2 aromatic heterocycles. The largest absolute Gasteiger partial charge is 0.496 e. The Hall–Kier alpha value is -3.24. The van der Waals surface area contributed by atoms with Crippen molar-refractivity contribution in [1.29, 1.82) is 0 Å². The van der Waals surface area contributed by atoms with Crippen LogP contribution in [0.3, 0.4) is 0 Å². The van der Waals surface area contributed by atoms with Crippen molar-refractivity contribution in [2.75, 3.05) is 45.3 Å². The number of methoxy groups -OCH3 is 1. The summed E-state index contributed by atoms with van der Waals surface area (Å²) in [6.07, 6.45) is 7.25. The highest BCUT2D eigenvalue weighted by Gasteiger charge is 2.38. The van der Waals surface area contributed by atoms with Crippen LogP contribution in [0.1, 0.15) is 67.4 Å². The standard InChI is InChI=1S/C31H40FN5O4/c1-40-27-16-22(35-30-24(27)9-5-13-33-30)7-2-3-10-26(32)21-11-14-36(18-21)29(31(38)39)25-8-4-6-20-17-34-37(28(20)25)23-12-15-41-19-23/h4,6,8,16-17,21,23,26,29H,2-3,5,7,9-15,18-19H2,1H3,(H,33,35)(H,38,39)/t21-,23+,26+,29-/m1/s1. The summed E-state index contributed by atoms with van der Waals surface area (Å²) in [5, 5.41) is 19.2. The topological polar surface area (TPSA) is 102 Å². The van der Waals surface area contributed by atoms with Crippen molar-refractivity contribution in [3.05, 3.63) is 47.3 Å². The lowest BCUT2D eigenvalue weighted by Crippen LogP contribution is -2.34. The zero-order valence-corrected chi connectivity index (χ0v) is 23.7. The highest BCUT2D eigenvalue weighted by molar-refractivity contribution is 5.88. The summed E-state index contributed by atoms with van der Waals surface area (Å²) < 4.78 is 28.5. The Morgan fingerprint density at radius 3 is 3.02 bits per heavy atom. The molecular formula is C31H40FN5O4. The molecule has 2 saturated heterocycles. The van der Waals surface area contributed by atoms with E-state index in [9.17, 15) is 9.90 Å². The van der Waals surface area contributed by atoms with E-state index < -0.39 is 18.2 Å². The SMILES string of the molecule is COc1cc(CCCC[C@H](F)[C@@H]2CCN([C@@H](C(=O)O)c3cccc4cnn([C@H]5CCOC5)c34)C2)nc2c1CCCN2. The van der Waals surface area contributed by atoms with Gasteiger partial charge in [0.15, 0.2) is 0 Å². The lowest BCUT2D eigenvalue weighted by molar-refractivity contribution is -0.143. The van der Waals surface area contributed by atoms with Crippen LogP contribution >= 0.6 is 0 Å². The van der Waals surface area contributed by atoms with Gasteiger partial charge in [-0.1, -0.05) is 24.6 Å². The third kappa shape index (κ3) is 5.77. The van der Waals surface area contributed by atoms with Crippen LogP contribution in [0.15, 0.2) is 30.5 Å². The van der Waals surface area contributed by atoms with Crippen LogP contribution in [-0.2, 0) is 22.4 Å². The Balaban J connectivity index is 1.07. The number of ether oxygens (including phenoxy) is 2. The van der Waals surface area contributed by atoms with E-state index in [2.05, 4.69) is 10.4 Å². The summed E-state index contributed by atoms with van der Waals surface area (Å²) in [6.45, 7) is 3.17. The van der Waals surface area contributed by atoms with Gasteiger partial charge in [0.25, 0.3) is 0 Å². The fraction of sp³-hybridized carbons (Fsp3) is 0.581. The number of rotatable bonds is 11. The second kappa shape index (κ2) is 12.3. The quantitative estimate of drug-likeness (QED) is 0.315. The van der Waals surface area contributed by atoms with Gasteiger partial charge in [-0.15, -0.1) is 0 Å². The average Bonchev–Trinajstić information content (AvgIpc) is 3.76. The minimum absolute atomic E-state index is 0.0958. The average molecular weight is 566 g/mol. The maximum Gasteiger partial charge on any atom is 0.325 e. The van der Waals surface area contributed by atoms with Crippen LogP contribution in [0, 0.1) is 5.92 Å². The first kappa shape index (κ1) is 27.9. The number of hydrogen-bond donors (Lipinski definition) is 2. The molecule has 4 atom stereocenters. The maximum atomic E-state index is 15.4. The number of benzene rings is 1. The third-order valence-electron chi connectivity index (χ3n) is 8.98. The number of carboxylic acid groups (broad SMARTS) is 1. The Bertz CT molecular complexity index is 1360. The summed E-state index contributed by atoms with van der Waals surface area (Å²) in [7, 11) is 1.70. The van der Waals surface area contributed by atoms with E-state index in [0.29, 0.717) is 39.1 Å². The van der Waals surface area contributed by atoms with Crippen LogP contribution in [0.5, 0.6) is 5.75 Å². The van der Waals surface area contributed by atoms with Crippen molar-refractivity contribution < 1.29 is 23.8 Å². The minimum Gasteiger partial charge on any atom is -0.496 e. The monoisotopic (exact) mass is 565 g/mol. The number of aryl methyl sites for hydroxylation is 1. The molecule has 2 N–H and O–H groups in total. The molecule has 9 nitrogen and oxygen atoms in total. The van der Waals surface area contributed by atoms with Crippen molar-refractivity contribution in [3.63, 3.8) is 0 Å². The van der Waals surface area contributed by atoms with Crippen molar-refractivity contribution in [3.8, 4) is 5.75 Å². The van der Waals surface area contributed by atoms with E-state index in [1.54, 1.807) is 13.3 Å². The number of aromatic nitrogens is 3. The van der Waals surface area contributed by atoms with Crippen LogP contribution < -0.4 is 10.1 Å². The number of halogens is 1. The number of fused-ring (bicyclic) bond motifs is 2. The van der Waals surface area contributed by atoms with Gasteiger partial charge in [0.1, 0.15) is 23.8 Å². The fourth-order valence-electron chi connectivity index (χ4n) is 6.82. The Kier molecular flexibility index (Phi) is 8.39. The molecule has 3 aliphatic rings. The lowest BCUT2D eigenvalue weighted by Gasteiger charge is -2.26. The molecule has 41 heavy (non-hydrogen) atoms. The van der Waals surface area contributed by atoms with E-state index in [0.717, 1.165) is 84.4 Å². The minimum atomic E-state index is -0.959. The summed E-state index contributed by atoms with van der Waals surface area (Å²) in [6, 6.07) is 7.01. The number of carbonyl (C=O) groups is 1. The molecule has 220 valence electrons. The maximum absolute atomic E-state index is 15.4. The van der Waals surface area contributed by atoms with Gasteiger partial charge in [0.05, 0.1) is 31.5 Å². The molecule has 0 amide bonds. The molecule has 1 aromatic carbocycles. The van der Waals surface area contributed by atoms with Crippen molar-refractivity contribution in [2.24, 2.45) is 5.92 Å². The van der Waals surface area contributed by atoms with E-state index >= 15 is 4.39 Å². The first-order valence-corrected chi connectivity index (χ1v) is 15.0. The van der Waals surface area contributed by atoms with E-state index in [1.807, 2.05) is 33.8 Å². The number of anilines is 1. The molecule has 6 rings (SSSR count). The molecule has 0 radical (unpaired) electrons. The first-order chi connectivity index (χ1) is 20.0. The third-order valence-corrected chi connectivity index (χ3v) is 8.98. The number of nitrogens with one attached hydrogen (secondary N) is 1. The molecule has 3 aliphatic heterocycles. The van der Waals surface area contributed by atoms with Gasteiger partial charge in [-0.2, -0.15) is 5.10 Å². The van der Waals surface area contributed by atoms with Gasteiger partial charge >= 0.3 is 5.97 Å². The van der Waals surface area contributed by atoms with Gasteiger partial charge in [-0.05, 0) is 51.5 Å². The van der Waals surface area contributed by atoms with Gasteiger partial charge in [0.2, 0.25) is 0 Å². The van der Waals surface area contributed by atoms with Gasteiger partial charge in [-0.25, -0.2) is 9.37 Å². The first-order valence-electron chi connectivity index (χ1n) is 15.0. The number of hydrogen-bond acceptors (Lipinski definition) is 7. The number of likely N-dealkylation sites (tertiary alicyclic amines) is 1. The molecule has 0 aliphatic carbocycles. The smallest absolute Gasteiger partial charge is 0.325 e. The normalized spacial score (nSPS) is 22.4. The van der Waals surface area contributed by atoms with Crippen molar-refractivity contribution in [2.45, 2.75) is 69.6 Å². The lowest BCUT2D eigenvalue weighted by atomic mass is 9.97. The summed E-state index contributed by atoms with van der Waals surface area (Å²) >= 11 is 0. The number of carboxylic acids is 1. The number of pyridine rings is 1. The number of alkyl halides is 1. The van der Waals surface area contributed by atoms with E-state index in [-0.39, 0.29) is 12.0 Å². The number of para-hydroxylation sites is 1. The Labute approximate surface area is 240 Å².